The summed E-state index contributed by atoms with van der Waals surface area (Å²) in [7, 11) is 1.27. The van der Waals surface area contributed by atoms with E-state index in [9.17, 15) is 14.4 Å². The largest absolute Gasteiger partial charge is 0.493 e. The molecule has 9 nitrogen and oxygen atoms in total. The summed E-state index contributed by atoms with van der Waals surface area (Å²) in [5, 5.41) is 8.17. The standard InChI is InChI=1S/C35H34N4O5S/c1-43-35(42)31-24(8-9-28(38-31)34(41)39-29-15-20-2-5-22(29)14-20)25-17-30-27(32-21(10-12-44-30)11-13-45-32)16-26(25)33(40)37-23-6-3-19(18-36)4-7-23/h3-4,6-9,11,13,16-17,20,22,29H,2,5,10,12,14-15,18,36H2,1H3,(H,37,40)(H,39,41)/t20-,22+,29-/m1/s1. The molecule has 230 valence electrons. The Hall–Kier alpha value is -4.54. The van der Waals surface area contributed by atoms with Gasteiger partial charge in [0.15, 0.2) is 5.69 Å². The number of ether oxygens (including phenoxy) is 2. The van der Waals surface area contributed by atoms with E-state index >= 15 is 0 Å². The van der Waals surface area contributed by atoms with Crippen LogP contribution in [0.5, 0.6) is 5.75 Å². The van der Waals surface area contributed by atoms with Crippen LogP contribution in [-0.4, -0.2) is 42.5 Å². The van der Waals surface area contributed by atoms with Gasteiger partial charge in [0, 0.05) is 51.8 Å². The highest BCUT2D eigenvalue weighted by Gasteiger charge is 2.40. The first kappa shape index (κ1) is 29.2. The molecule has 4 N–H and O–H groups in total. The van der Waals surface area contributed by atoms with Crippen molar-refractivity contribution < 1.29 is 23.9 Å². The van der Waals surface area contributed by atoms with Crippen LogP contribution in [0.25, 0.3) is 21.6 Å². The van der Waals surface area contributed by atoms with Crippen LogP contribution in [0.3, 0.4) is 0 Å². The lowest BCUT2D eigenvalue weighted by molar-refractivity contribution is 0.0594. The molecule has 4 aromatic rings. The van der Waals surface area contributed by atoms with Crippen molar-refractivity contribution in [2.75, 3.05) is 19.0 Å². The van der Waals surface area contributed by atoms with E-state index in [0.29, 0.717) is 53.1 Å². The van der Waals surface area contributed by atoms with Gasteiger partial charge in [-0.15, -0.1) is 11.3 Å². The number of amides is 2. The molecule has 0 spiro atoms. The van der Waals surface area contributed by atoms with Gasteiger partial charge in [-0.2, -0.15) is 0 Å². The molecule has 45 heavy (non-hydrogen) atoms. The average Bonchev–Trinajstić information content (AvgIpc) is 3.80. The number of rotatable bonds is 7. The highest BCUT2D eigenvalue weighted by atomic mass is 32.1. The van der Waals surface area contributed by atoms with Gasteiger partial charge in [-0.1, -0.05) is 18.6 Å². The second-order valence-corrected chi connectivity index (χ2v) is 12.9. The van der Waals surface area contributed by atoms with Gasteiger partial charge in [-0.3, -0.25) is 9.59 Å². The minimum atomic E-state index is -0.709. The van der Waals surface area contributed by atoms with Crippen LogP contribution in [0, 0.1) is 11.8 Å². The predicted molar refractivity (Wildman–Crippen MR) is 173 cm³/mol. The zero-order chi connectivity index (χ0) is 31.1. The number of carbonyl (C=O) groups excluding carboxylic acids is 3. The van der Waals surface area contributed by atoms with Crippen LogP contribution in [0.15, 0.2) is 60.0 Å². The number of methoxy groups -OCH3 is 1. The Morgan fingerprint density at radius 3 is 2.58 bits per heavy atom. The quantitative estimate of drug-likeness (QED) is 0.221. The summed E-state index contributed by atoms with van der Waals surface area (Å²) in [4.78, 5) is 46.0. The average molecular weight is 623 g/mol. The Morgan fingerprint density at radius 1 is 1.00 bits per heavy atom. The van der Waals surface area contributed by atoms with E-state index in [4.69, 9.17) is 15.2 Å². The number of nitrogens with zero attached hydrogens (tertiary/aromatic N) is 1. The number of hydrogen-bond donors (Lipinski definition) is 3. The number of fused-ring (bicyclic) bond motifs is 5. The topological polar surface area (TPSA) is 133 Å². The lowest BCUT2D eigenvalue weighted by atomic mass is 9.93. The lowest BCUT2D eigenvalue weighted by Gasteiger charge is -2.23. The summed E-state index contributed by atoms with van der Waals surface area (Å²) in [6, 6.07) is 16.4. The Bertz CT molecular complexity index is 1800. The van der Waals surface area contributed by atoms with E-state index in [-0.39, 0.29) is 29.2 Å². The predicted octanol–water partition coefficient (Wildman–Crippen LogP) is 5.83. The fourth-order valence-electron chi connectivity index (χ4n) is 6.97. The number of carbonyl (C=O) groups is 3. The second kappa shape index (κ2) is 12.1. The molecule has 2 bridgehead atoms. The number of anilines is 1. The second-order valence-electron chi connectivity index (χ2n) is 12.0. The summed E-state index contributed by atoms with van der Waals surface area (Å²) in [6.07, 6.45) is 5.22. The van der Waals surface area contributed by atoms with Gasteiger partial charge in [-0.25, -0.2) is 9.78 Å². The molecule has 2 amide bonds. The van der Waals surface area contributed by atoms with Gasteiger partial charge < -0.3 is 25.8 Å². The number of nitrogens with two attached hydrogens (primary N) is 1. The number of pyridine rings is 1. The molecule has 0 unspecified atom stereocenters. The monoisotopic (exact) mass is 622 g/mol. The fourth-order valence-corrected chi connectivity index (χ4v) is 7.95. The molecule has 7 rings (SSSR count). The summed E-state index contributed by atoms with van der Waals surface area (Å²) in [6.45, 7) is 0.866. The van der Waals surface area contributed by atoms with Crippen LogP contribution in [0.2, 0.25) is 0 Å². The number of hydrogen-bond acceptors (Lipinski definition) is 8. The van der Waals surface area contributed by atoms with E-state index < -0.39 is 5.97 Å². The zero-order valence-electron chi connectivity index (χ0n) is 24.9. The first-order valence-electron chi connectivity index (χ1n) is 15.3. The van der Waals surface area contributed by atoms with E-state index in [2.05, 4.69) is 21.7 Å². The third kappa shape index (κ3) is 5.60. The maximum Gasteiger partial charge on any atom is 0.357 e. The third-order valence-electron chi connectivity index (χ3n) is 9.28. The van der Waals surface area contributed by atoms with Gasteiger partial charge >= 0.3 is 5.97 Å². The molecular formula is C35H34N4O5S. The molecule has 2 aromatic carbocycles. The van der Waals surface area contributed by atoms with Crippen LogP contribution < -0.4 is 21.1 Å². The van der Waals surface area contributed by atoms with Crippen molar-refractivity contribution in [3.8, 4) is 27.3 Å². The number of esters is 1. The van der Waals surface area contributed by atoms with E-state index in [0.717, 1.165) is 47.3 Å². The van der Waals surface area contributed by atoms with Crippen LogP contribution >= 0.6 is 11.3 Å². The SMILES string of the molecule is COC(=O)c1nc(C(=O)N[C@@H]2C[C@@H]3CC[C@H]2C3)ccc1-c1cc2c(cc1C(=O)Nc1ccc(CN)cc1)-c1sccc1CCO2. The maximum atomic E-state index is 14.0. The Kier molecular flexibility index (Phi) is 7.85. The molecule has 3 heterocycles. The maximum absolute atomic E-state index is 14.0. The smallest absolute Gasteiger partial charge is 0.357 e. The van der Waals surface area contributed by atoms with Crippen molar-refractivity contribution in [3.05, 3.63) is 88.1 Å². The molecule has 3 aliphatic rings. The van der Waals surface area contributed by atoms with Crippen molar-refractivity contribution in [3.63, 3.8) is 0 Å². The molecule has 0 saturated heterocycles. The summed E-state index contributed by atoms with van der Waals surface area (Å²) < 4.78 is 11.3. The molecule has 10 heteroatoms. The van der Waals surface area contributed by atoms with Crippen molar-refractivity contribution in [2.45, 2.75) is 44.7 Å². The van der Waals surface area contributed by atoms with Gasteiger partial charge in [0.05, 0.1) is 13.7 Å². The van der Waals surface area contributed by atoms with Crippen molar-refractivity contribution >= 4 is 34.8 Å². The summed E-state index contributed by atoms with van der Waals surface area (Å²) in [5.74, 6) is 0.367. The zero-order valence-corrected chi connectivity index (χ0v) is 25.7. The van der Waals surface area contributed by atoms with Crippen LogP contribution in [0.4, 0.5) is 5.69 Å². The number of aromatic nitrogens is 1. The van der Waals surface area contributed by atoms with Gasteiger partial charge in [0.1, 0.15) is 11.4 Å². The third-order valence-corrected chi connectivity index (χ3v) is 10.3. The number of thiophene rings is 1. The van der Waals surface area contributed by atoms with Crippen LogP contribution in [-0.2, 0) is 17.7 Å². The number of benzene rings is 2. The summed E-state index contributed by atoms with van der Waals surface area (Å²) in [5.41, 5.74) is 10.5. The first-order valence-corrected chi connectivity index (χ1v) is 16.2. The van der Waals surface area contributed by atoms with Crippen molar-refractivity contribution in [1.82, 2.24) is 10.3 Å². The molecule has 2 aliphatic carbocycles. The summed E-state index contributed by atoms with van der Waals surface area (Å²) >= 11 is 1.59. The van der Waals surface area contributed by atoms with Crippen molar-refractivity contribution in [2.24, 2.45) is 17.6 Å². The minimum absolute atomic E-state index is 0.0511. The lowest BCUT2D eigenvalue weighted by Crippen LogP contribution is -2.39. The van der Waals surface area contributed by atoms with E-state index in [1.807, 2.05) is 23.6 Å². The molecule has 0 radical (unpaired) electrons. The van der Waals surface area contributed by atoms with Crippen molar-refractivity contribution in [1.29, 1.82) is 0 Å². The fraction of sp³-hybridized carbons (Fsp3) is 0.314. The van der Waals surface area contributed by atoms with E-state index in [1.165, 1.54) is 13.5 Å². The molecule has 3 atom stereocenters. The normalized spacial score (nSPS) is 19.6. The highest BCUT2D eigenvalue weighted by Crippen LogP contribution is 2.45. The van der Waals surface area contributed by atoms with Gasteiger partial charge in [-0.05, 0) is 90.1 Å². The molecule has 2 fully saturated rings. The molecule has 2 saturated carbocycles. The first-order chi connectivity index (χ1) is 21.9. The van der Waals surface area contributed by atoms with Gasteiger partial charge in [0.25, 0.3) is 11.8 Å². The van der Waals surface area contributed by atoms with E-state index in [1.54, 1.807) is 41.7 Å². The Labute approximate surface area is 265 Å². The molecular weight excluding hydrogens is 588 g/mol. The highest BCUT2D eigenvalue weighted by molar-refractivity contribution is 7.13. The number of nitrogens with one attached hydrogen (secondary N) is 2. The Balaban J connectivity index is 1.31. The van der Waals surface area contributed by atoms with Gasteiger partial charge in [0.2, 0.25) is 0 Å². The van der Waals surface area contributed by atoms with Crippen LogP contribution in [0.1, 0.15) is 68.1 Å². The molecule has 2 aromatic heterocycles. The molecule has 1 aliphatic heterocycles. The Morgan fingerprint density at radius 2 is 1.84 bits per heavy atom. The minimum Gasteiger partial charge on any atom is -0.493 e.